The summed E-state index contributed by atoms with van der Waals surface area (Å²) in [7, 11) is 0. The predicted octanol–water partition coefficient (Wildman–Crippen LogP) is 3.62. The molecule has 2 nitrogen and oxygen atoms in total. The second-order valence-corrected chi connectivity index (χ2v) is 6.04. The largest absolute Gasteiger partial charge is 0.306 e. The lowest BCUT2D eigenvalue weighted by Gasteiger charge is -2.33. The molecule has 1 aromatic heterocycles. The van der Waals surface area contributed by atoms with Gasteiger partial charge in [0.25, 0.3) is 0 Å². The fraction of sp³-hybridized carbons (Fsp3) is 0.750. The van der Waals surface area contributed by atoms with Gasteiger partial charge in [0.05, 0.1) is 5.51 Å². The molecule has 0 fully saturated rings. The third kappa shape index (κ3) is 3.58. The van der Waals surface area contributed by atoms with Crippen molar-refractivity contribution < 1.29 is 0 Å². The molecule has 0 radical (unpaired) electrons. The van der Waals surface area contributed by atoms with Gasteiger partial charge in [-0.2, -0.15) is 0 Å². The Hall–Kier alpha value is -0.410. The Morgan fingerprint density at radius 2 is 2.13 bits per heavy atom. The van der Waals surface area contributed by atoms with Crippen molar-refractivity contribution in [3.63, 3.8) is 0 Å². The molecule has 0 bridgehead atoms. The molecule has 0 saturated heterocycles. The Balaban J connectivity index is 2.60. The third-order valence-corrected chi connectivity index (χ3v) is 3.74. The van der Waals surface area contributed by atoms with Crippen molar-refractivity contribution in [3.05, 3.63) is 16.6 Å². The molecular weight excluding hydrogens is 204 g/mol. The molecule has 15 heavy (non-hydrogen) atoms. The van der Waals surface area contributed by atoms with E-state index in [4.69, 9.17) is 0 Å². The molecule has 1 N–H and O–H groups in total. The Morgan fingerprint density at radius 3 is 2.53 bits per heavy atom. The highest BCUT2D eigenvalue weighted by Crippen LogP contribution is 2.25. The molecule has 1 rings (SSSR count). The van der Waals surface area contributed by atoms with Crippen LogP contribution in [0.1, 0.15) is 52.0 Å². The van der Waals surface area contributed by atoms with Crippen LogP contribution in [0.5, 0.6) is 0 Å². The second-order valence-electron chi connectivity index (χ2n) is 5.12. The number of aromatic nitrogens is 1. The molecule has 2 unspecified atom stereocenters. The molecule has 0 amide bonds. The maximum absolute atomic E-state index is 4.12. The van der Waals surface area contributed by atoms with Crippen LogP contribution in [0.25, 0.3) is 0 Å². The molecular formula is C12H22N2S. The molecule has 86 valence electrons. The molecule has 0 aliphatic rings. The van der Waals surface area contributed by atoms with Crippen LogP contribution in [0.3, 0.4) is 0 Å². The quantitative estimate of drug-likeness (QED) is 0.848. The van der Waals surface area contributed by atoms with Crippen LogP contribution < -0.4 is 5.32 Å². The van der Waals surface area contributed by atoms with Crippen molar-refractivity contribution in [2.75, 3.05) is 0 Å². The first-order valence-electron chi connectivity index (χ1n) is 5.59. The zero-order valence-electron chi connectivity index (χ0n) is 10.4. The fourth-order valence-corrected chi connectivity index (χ4v) is 2.44. The summed E-state index contributed by atoms with van der Waals surface area (Å²) in [4.78, 5) is 5.43. The van der Waals surface area contributed by atoms with Gasteiger partial charge < -0.3 is 5.32 Å². The predicted molar refractivity (Wildman–Crippen MR) is 67.2 cm³/mol. The molecule has 0 aliphatic carbocycles. The summed E-state index contributed by atoms with van der Waals surface area (Å²) in [6.45, 7) is 11.3. The maximum atomic E-state index is 4.12. The minimum absolute atomic E-state index is 0.313. The van der Waals surface area contributed by atoms with Gasteiger partial charge in [-0.25, -0.2) is 0 Å². The van der Waals surface area contributed by atoms with Gasteiger partial charge in [-0.05, 0) is 18.8 Å². The lowest BCUT2D eigenvalue weighted by atomic mass is 9.85. The van der Waals surface area contributed by atoms with Gasteiger partial charge in [-0.1, -0.05) is 27.7 Å². The summed E-state index contributed by atoms with van der Waals surface area (Å²) < 4.78 is 0. The topological polar surface area (TPSA) is 24.9 Å². The summed E-state index contributed by atoms with van der Waals surface area (Å²) in [5.74, 6) is 0. The molecule has 0 saturated carbocycles. The normalized spacial score (nSPS) is 16.3. The van der Waals surface area contributed by atoms with Crippen molar-refractivity contribution in [2.24, 2.45) is 5.41 Å². The van der Waals surface area contributed by atoms with Crippen LogP contribution in [0.2, 0.25) is 0 Å². The summed E-state index contributed by atoms with van der Waals surface area (Å²) in [6, 6.07) is 0.955. The van der Waals surface area contributed by atoms with Crippen LogP contribution in [-0.4, -0.2) is 11.0 Å². The first-order chi connectivity index (χ1) is 6.95. The number of thiazole rings is 1. The summed E-state index contributed by atoms with van der Waals surface area (Å²) in [6.07, 6.45) is 3.12. The highest BCUT2D eigenvalue weighted by Gasteiger charge is 2.24. The van der Waals surface area contributed by atoms with Crippen LogP contribution >= 0.6 is 11.3 Å². The number of nitrogens with one attached hydrogen (secondary N) is 1. The number of nitrogens with zero attached hydrogens (tertiary/aromatic N) is 1. The van der Waals surface area contributed by atoms with Crippen LogP contribution in [0.15, 0.2) is 11.7 Å². The zero-order valence-corrected chi connectivity index (χ0v) is 11.2. The van der Waals surface area contributed by atoms with Crippen molar-refractivity contribution in [1.82, 2.24) is 10.3 Å². The number of hydrogen-bond acceptors (Lipinski definition) is 3. The second kappa shape index (κ2) is 5.08. The Kier molecular flexibility index (Phi) is 4.29. The lowest BCUT2D eigenvalue weighted by molar-refractivity contribution is 0.245. The van der Waals surface area contributed by atoms with Gasteiger partial charge in [0.1, 0.15) is 0 Å². The fourth-order valence-electron chi connectivity index (χ4n) is 1.80. The van der Waals surface area contributed by atoms with Crippen LogP contribution in [0, 0.1) is 5.41 Å². The molecule has 1 aromatic rings. The molecule has 2 atom stereocenters. The molecule has 3 heteroatoms. The van der Waals surface area contributed by atoms with E-state index in [-0.39, 0.29) is 0 Å². The van der Waals surface area contributed by atoms with E-state index in [1.54, 1.807) is 11.3 Å². The van der Waals surface area contributed by atoms with E-state index in [0.29, 0.717) is 17.5 Å². The maximum Gasteiger partial charge on any atom is 0.0794 e. The standard InChI is InChI=1S/C12H22N2S/c1-6-11(12(3,4)5)14-9(2)10-7-13-8-15-10/h7-9,11,14H,6H2,1-5H3. The van der Waals surface area contributed by atoms with E-state index in [9.17, 15) is 0 Å². The van der Waals surface area contributed by atoms with Crippen molar-refractivity contribution in [3.8, 4) is 0 Å². The molecule has 1 heterocycles. The third-order valence-electron chi connectivity index (χ3n) is 2.78. The van der Waals surface area contributed by atoms with E-state index in [1.807, 2.05) is 11.7 Å². The van der Waals surface area contributed by atoms with Gasteiger partial charge in [0.2, 0.25) is 0 Å². The first kappa shape index (κ1) is 12.7. The monoisotopic (exact) mass is 226 g/mol. The van der Waals surface area contributed by atoms with Crippen molar-refractivity contribution in [2.45, 2.75) is 53.1 Å². The van der Waals surface area contributed by atoms with Crippen molar-refractivity contribution >= 4 is 11.3 Å². The van der Waals surface area contributed by atoms with Gasteiger partial charge in [0.15, 0.2) is 0 Å². The Morgan fingerprint density at radius 1 is 1.47 bits per heavy atom. The highest BCUT2D eigenvalue weighted by molar-refractivity contribution is 7.09. The average Bonchev–Trinajstić information content (AvgIpc) is 2.64. The van der Waals surface area contributed by atoms with E-state index >= 15 is 0 Å². The first-order valence-corrected chi connectivity index (χ1v) is 6.47. The molecule has 0 spiro atoms. The van der Waals surface area contributed by atoms with Gasteiger partial charge in [0, 0.05) is 23.2 Å². The van der Waals surface area contributed by atoms with E-state index in [2.05, 4.69) is 44.9 Å². The smallest absolute Gasteiger partial charge is 0.0794 e. The van der Waals surface area contributed by atoms with Crippen LogP contribution in [0.4, 0.5) is 0 Å². The van der Waals surface area contributed by atoms with Gasteiger partial charge in [-0.15, -0.1) is 11.3 Å². The highest BCUT2D eigenvalue weighted by atomic mass is 32.1. The molecule has 0 aliphatic heterocycles. The SMILES string of the molecule is CCC(NC(C)c1cncs1)C(C)(C)C. The minimum atomic E-state index is 0.313. The minimum Gasteiger partial charge on any atom is -0.306 e. The van der Waals surface area contributed by atoms with E-state index in [0.717, 1.165) is 6.42 Å². The average molecular weight is 226 g/mol. The summed E-state index contributed by atoms with van der Waals surface area (Å²) in [5, 5.41) is 3.68. The number of hydrogen-bond donors (Lipinski definition) is 1. The molecule has 0 aromatic carbocycles. The Labute approximate surface area is 97.1 Å². The van der Waals surface area contributed by atoms with E-state index < -0.39 is 0 Å². The zero-order chi connectivity index (χ0) is 11.5. The Bertz CT molecular complexity index is 274. The van der Waals surface area contributed by atoms with Gasteiger partial charge >= 0.3 is 0 Å². The summed E-state index contributed by atoms with van der Waals surface area (Å²) in [5.41, 5.74) is 2.21. The lowest BCUT2D eigenvalue weighted by Crippen LogP contribution is -2.40. The number of rotatable bonds is 4. The van der Waals surface area contributed by atoms with E-state index in [1.165, 1.54) is 4.88 Å². The summed E-state index contributed by atoms with van der Waals surface area (Å²) >= 11 is 1.72. The van der Waals surface area contributed by atoms with Crippen molar-refractivity contribution in [1.29, 1.82) is 0 Å². The van der Waals surface area contributed by atoms with Crippen LogP contribution in [-0.2, 0) is 0 Å². The van der Waals surface area contributed by atoms with Gasteiger partial charge in [-0.3, -0.25) is 4.98 Å².